The van der Waals surface area contributed by atoms with E-state index < -0.39 is 29.7 Å². The molecule has 0 aromatic heterocycles. The first kappa shape index (κ1) is 13.9. The van der Waals surface area contributed by atoms with Crippen LogP contribution in [-0.2, 0) is 6.18 Å². The van der Waals surface area contributed by atoms with E-state index in [0.717, 1.165) is 6.07 Å². The highest BCUT2D eigenvalue weighted by Gasteiger charge is 2.34. The van der Waals surface area contributed by atoms with Gasteiger partial charge in [-0.15, -0.1) is 0 Å². The first-order valence-electron chi connectivity index (χ1n) is 5.07. The first-order chi connectivity index (χ1) is 7.77. The van der Waals surface area contributed by atoms with Crippen molar-refractivity contribution < 1.29 is 22.7 Å². The zero-order chi connectivity index (χ0) is 13.2. The summed E-state index contributed by atoms with van der Waals surface area (Å²) in [6.45, 7) is 1.65. The third-order valence-corrected chi connectivity index (χ3v) is 2.51. The fourth-order valence-corrected chi connectivity index (χ4v) is 1.44. The number of aliphatic hydroxyl groups excluding tert-OH is 1. The van der Waals surface area contributed by atoms with Crippen LogP contribution in [0.5, 0.6) is 0 Å². The van der Waals surface area contributed by atoms with Crippen LogP contribution in [-0.4, -0.2) is 11.2 Å². The molecule has 6 heteroatoms. The van der Waals surface area contributed by atoms with Gasteiger partial charge in [-0.05, 0) is 24.1 Å². The van der Waals surface area contributed by atoms with Crippen LogP contribution in [0.15, 0.2) is 18.2 Å². The predicted octanol–water partition coefficient (Wildman–Crippen LogP) is 2.62. The molecule has 1 rings (SSSR count). The second-order valence-corrected chi connectivity index (χ2v) is 3.74. The van der Waals surface area contributed by atoms with Crippen molar-refractivity contribution in [3.8, 4) is 0 Å². The van der Waals surface area contributed by atoms with E-state index in [-0.39, 0.29) is 5.56 Å². The Morgan fingerprint density at radius 3 is 2.41 bits per heavy atom. The first-order valence-corrected chi connectivity index (χ1v) is 5.07. The lowest BCUT2D eigenvalue weighted by atomic mass is 9.98. The second kappa shape index (κ2) is 5.01. The van der Waals surface area contributed by atoms with Gasteiger partial charge in [0.25, 0.3) is 0 Å². The molecule has 0 radical (unpaired) electrons. The highest BCUT2D eigenvalue weighted by Crippen LogP contribution is 2.33. The Labute approximate surface area is 96.1 Å². The van der Waals surface area contributed by atoms with Gasteiger partial charge in [-0.25, -0.2) is 4.39 Å². The number of benzene rings is 1. The van der Waals surface area contributed by atoms with E-state index in [1.165, 1.54) is 0 Å². The summed E-state index contributed by atoms with van der Waals surface area (Å²) in [5, 5.41) is 9.44. The Balaban J connectivity index is 3.13. The lowest BCUT2D eigenvalue weighted by molar-refractivity contribution is -0.140. The molecule has 0 fully saturated rings. The minimum absolute atomic E-state index is 0.0630. The van der Waals surface area contributed by atoms with Crippen LogP contribution < -0.4 is 5.73 Å². The van der Waals surface area contributed by atoms with Crippen molar-refractivity contribution in [1.29, 1.82) is 0 Å². The monoisotopic (exact) mass is 251 g/mol. The Hall–Kier alpha value is -1.14. The lowest BCUT2D eigenvalue weighted by Gasteiger charge is -2.19. The van der Waals surface area contributed by atoms with Crippen molar-refractivity contribution >= 4 is 0 Å². The number of hydrogen-bond acceptors (Lipinski definition) is 2. The maximum absolute atomic E-state index is 13.0. The van der Waals surface area contributed by atoms with Gasteiger partial charge in [0.2, 0.25) is 0 Å². The minimum Gasteiger partial charge on any atom is -0.391 e. The van der Waals surface area contributed by atoms with Crippen molar-refractivity contribution in [2.24, 2.45) is 5.73 Å². The molecule has 0 saturated carbocycles. The number of alkyl halides is 3. The van der Waals surface area contributed by atoms with Crippen LogP contribution in [0.2, 0.25) is 0 Å². The van der Waals surface area contributed by atoms with Gasteiger partial charge in [0.15, 0.2) is 0 Å². The van der Waals surface area contributed by atoms with Gasteiger partial charge in [-0.1, -0.05) is 13.0 Å². The normalized spacial score (nSPS) is 15.7. The summed E-state index contributed by atoms with van der Waals surface area (Å²) in [5.74, 6) is -1.35. The number of nitrogens with two attached hydrogens (primary N) is 1. The molecule has 0 saturated heterocycles. The molecular formula is C11H13F4NO. The van der Waals surface area contributed by atoms with E-state index in [4.69, 9.17) is 5.73 Å². The number of hydrogen-bond donors (Lipinski definition) is 2. The third-order valence-electron chi connectivity index (χ3n) is 2.51. The molecule has 0 amide bonds. The van der Waals surface area contributed by atoms with Crippen molar-refractivity contribution in [2.45, 2.75) is 31.7 Å². The van der Waals surface area contributed by atoms with Crippen LogP contribution in [0, 0.1) is 5.82 Å². The predicted molar refractivity (Wildman–Crippen MR) is 54.6 cm³/mol. The standard InChI is InChI=1S/C11H13F4NO/c1-2-9(17)10(16)6-3-4-8(12)7(5-6)11(13,14)15/h3-5,9-10,17H,2,16H2,1H3/t9-,10+/m0/s1. The van der Waals surface area contributed by atoms with E-state index >= 15 is 0 Å². The van der Waals surface area contributed by atoms with Crippen molar-refractivity contribution in [2.75, 3.05) is 0 Å². The summed E-state index contributed by atoms with van der Waals surface area (Å²) in [4.78, 5) is 0. The molecule has 0 aliphatic carbocycles. The van der Waals surface area contributed by atoms with Gasteiger partial charge in [0.1, 0.15) is 5.82 Å². The van der Waals surface area contributed by atoms with E-state index in [0.29, 0.717) is 18.6 Å². The Morgan fingerprint density at radius 1 is 1.35 bits per heavy atom. The molecule has 17 heavy (non-hydrogen) atoms. The van der Waals surface area contributed by atoms with Crippen molar-refractivity contribution in [1.82, 2.24) is 0 Å². The average Bonchev–Trinajstić information content (AvgIpc) is 2.26. The molecule has 2 atom stereocenters. The minimum atomic E-state index is -4.77. The maximum Gasteiger partial charge on any atom is 0.419 e. The zero-order valence-corrected chi connectivity index (χ0v) is 9.13. The zero-order valence-electron chi connectivity index (χ0n) is 9.13. The molecule has 0 aliphatic heterocycles. The molecule has 1 aromatic rings. The van der Waals surface area contributed by atoms with E-state index in [1.54, 1.807) is 6.92 Å². The molecule has 1 aromatic carbocycles. The highest BCUT2D eigenvalue weighted by molar-refractivity contribution is 5.29. The molecule has 0 bridgehead atoms. The molecule has 3 N–H and O–H groups in total. The van der Waals surface area contributed by atoms with Gasteiger partial charge < -0.3 is 10.8 Å². The number of rotatable bonds is 3. The van der Waals surface area contributed by atoms with E-state index in [2.05, 4.69) is 0 Å². The Morgan fingerprint density at radius 2 is 1.94 bits per heavy atom. The number of halogens is 4. The smallest absolute Gasteiger partial charge is 0.391 e. The maximum atomic E-state index is 13.0. The second-order valence-electron chi connectivity index (χ2n) is 3.74. The molecular weight excluding hydrogens is 238 g/mol. The number of aliphatic hydroxyl groups is 1. The molecule has 0 aliphatic rings. The molecule has 0 heterocycles. The SMILES string of the molecule is CC[C@H](O)[C@H](N)c1ccc(F)c(C(F)(F)F)c1. The van der Waals surface area contributed by atoms with Gasteiger partial charge in [0, 0.05) is 0 Å². The fraction of sp³-hybridized carbons (Fsp3) is 0.455. The highest BCUT2D eigenvalue weighted by atomic mass is 19.4. The van der Waals surface area contributed by atoms with Crippen LogP contribution in [0.3, 0.4) is 0 Å². The lowest BCUT2D eigenvalue weighted by Crippen LogP contribution is -2.26. The van der Waals surface area contributed by atoms with Crippen molar-refractivity contribution in [3.63, 3.8) is 0 Å². The van der Waals surface area contributed by atoms with Crippen molar-refractivity contribution in [3.05, 3.63) is 35.1 Å². The summed E-state index contributed by atoms with van der Waals surface area (Å²) in [6.07, 6.45) is -5.42. The molecule has 2 nitrogen and oxygen atoms in total. The van der Waals surface area contributed by atoms with Gasteiger partial charge >= 0.3 is 6.18 Å². The summed E-state index contributed by atoms with van der Waals surface area (Å²) >= 11 is 0. The Kier molecular flexibility index (Phi) is 4.11. The molecule has 0 spiro atoms. The summed E-state index contributed by atoms with van der Waals surface area (Å²) in [5.41, 5.74) is 4.27. The van der Waals surface area contributed by atoms with Crippen LogP contribution in [0.25, 0.3) is 0 Å². The summed E-state index contributed by atoms with van der Waals surface area (Å²) in [7, 11) is 0. The summed E-state index contributed by atoms with van der Waals surface area (Å²) < 4.78 is 50.3. The molecule has 0 unspecified atom stereocenters. The van der Waals surface area contributed by atoms with Gasteiger partial charge in [-0.3, -0.25) is 0 Å². The fourth-order valence-electron chi connectivity index (χ4n) is 1.44. The van der Waals surface area contributed by atoms with Crippen LogP contribution in [0.4, 0.5) is 17.6 Å². The quantitative estimate of drug-likeness (QED) is 0.811. The Bertz CT molecular complexity index is 392. The average molecular weight is 251 g/mol. The topological polar surface area (TPSA) is 46.2 Å². The van der Waals surface area contributed by atoms with E-state index in [9.17, 15) is 22.7 Å². The third kappa shape index (κ3) is 3.17. The van der Waals surface area contributed by atoms with Gasteiger partial charge in [0.05, 0.1) is 17.7 Å². The van der Waals surface area contributed by atoms with Crippen LogP contribution in [0.1, 0.15) is 30.5 Å². The van der Waals surface area contributed by atoms with Gasteiger partial charge in [-0.2, -0.15) is 13.2 Å². The van der Waals surface area contributed by atoms with E-state index in [1.807, 2.05) is 0 Å². The van der Waals surface area contributed by atoms with Crippen LogP contribution >= 0.6 is 0 Å². The summed E-state index contributed by atoms with van der Waals surface area (Å²) in [6, 6.07) is 1.54. The largest absolute Gasteiger partial charge is 0.419 e. The molecule has 96 valence electrons.